The summed E-state index contributed by atoms with van der Waals surface area (Å²) in [6.45, 7) is 3.12. The molecule has 0 bridgehead atoms. The van der Waals surface area contributed by atoms with Crippen molar-refractivity contribution in [3.8, 4) is 0 Å². The third-order valence-electron chi connectivity index (χ3n) is 4.98. The summed E-state index contributed by atoms with van der Waals surface area (Å²) in [7, 11) is -2.93. The lowest BCUT2D eigenvalue weighted by Crippen LogP contribution is -2.47. The minimum absolute atomic E-state index is 0.0897. The first kappa shape index (κ1) is 18.0. The van der Waals surface area contributed by atoms with Crippen molar-refractivity contribution in [2.24, 2.45) is 0 Å². The molecule has 2 aliphatic heterocycles. The van der Waals surface area contributed by atoms with Crippen molar-refractivity contribution in [3.05, 3.63) is 42.3 Å². The molecule has 2 saturated heterocycles. The number of hydrogen-bond acceptors (Lipinski definition) is 7. The number of halogens is 1. The van der Waals surface area contributed by atoms with E-state index >= 15 is 0 Å². The van der Waals surface area contributed by atoms with Crippen LogP contribution in [0.3, 0.4) is 0 Å². The number of piperazine rings is 1. The average molecular weight is 391 g/mol. The molecule has 4 rings (SSSR count). The van der Waals surface area contributed by atoms with Crippen LogP contribution in [0.15, 0.2) is 36.5 Å². The molecule has 27 heavy (non-hydrogen) atoms. The minimum Gasteiger partial charge on any atom is -0.368 e. The van der Waals surface area contributed by atoms with Gasteiger partial charge in [-0.3, -0.25) is 0 Å². The van der Waals surface area contributed by atoms with Crippen LogP contribution in [0.4, 0.5) is 21.8 Å². The monoisotopic (exact) mass is 391 g/mol. The topological polar surface area (TPSA) is 78.4 Å². The Balaban J connectivity index is 1.38. The van der Waals surface area contributed by atoms with Crippen LogP contribution >= 0.6 is 0 Å². The smallest absolute Gasteiger partial charge is 0.227 e. The second-order valence-electron chi connectivity index (χ2n) is 6.94. The zero-order valence-electron chi connectivity index (χ0n) is 14.9. The summed E-state index contributed by atoms with van der Waals surface area (Å²) in [6.07, 6.45) is 2.30. The second kappa shape index (κ2) is 7.30. The van der Waals surface area contributed by atoms with Gasteiger partial charge < -0.3 is 15.1 Å². The predicted molar refractivity (Wildman–Crippen MR) is 104 cm³/mol. The molecule has 0 aliphatic carbocycles. The molecule has 2 aliphatic rings. The summed E-state index contributed by atoms with van der Waals surface area (Å²) in [5.74, 6) is 1.45. The fraction of sp³-hybridized carbons (Fsp3) is 0.444. The number of nitrogens with zero attached hydrogens (tertiary/aromatic N) is 4. The lowest BCUT2D eigenvalue weighted by molar-refractivity contribution is 0.602. The Morgan fingerprint density at radius 2 is 1.74 bits per heavy atom. The van der Waals surface area contributed by atoms with E-state index in [2.05, 4.69) is 25.1 Å². The number of anilines is 3. The van der Waals surface area contributed by atoms with Gasteiger partial charge in [-0.25, -0.2) is 17.8 Å². The molecular formula is C18H22FN5O2S. The van der Waals surface area contributed by atoms with Gasteiger partial charge in [0.25, 0.3) is 0 Å². The summed E-state index contributed by atoms with van der Waals surface area (Å²) in [5.41, 5.74) is 1.01. The summed E-state index contributed by atoms with van der Waals surface area (Å²) in [6, 6.07) is 8.21. The van der Waals surface area contributed by atoms with Crippen LogP contribution in [0.5, 0.6) is 0 Å². The molecule has 144 valence electrons. The first-order valence-corrected chi connectivity index (χ1v) is 10.9. The van der Waals surface area contributed by atoms with Crippen molar-refractivity contribution in [1.29, 1.82) is 0 Å². The second-order valence-corrected chi connectivity index (χ2v) is 9.17. The Labute approximate surface area is 158 Å². The van der Waals surface area contributed by atoms with Gasteiger partial charge >= 0.3 is 0 Å². The van der Waals surface area contributed by atoms with Crippen LogP contribution in [0.2, 0.25) is 0 Å². The van der Waals surface area contributed by atoms with Crippen molar-refractivity contribution < 1.29 is 12.8 Å². The van der Waals surface area contributed by atoms with E-state index in [9.17, 15) is 12.8 Å². The molecule has 1 atom stereocenters. The molecule has 0 spiro atoms. The molecule has 3 heterocycles. The van der Waals surface area contributed by atoms with Gasteiger partial charge in [-0.05, 0) is 36.8 Å². The van der Waals surface area contributed by atoms with Crippen LogP contribution in [-0.4, -0.2) is 62.1 Å². The molecule has 2 aromatic rings. The lowest BCUT2D eigenvalue weighted by atomic mass is 10.2. The standard InChI is InChI=1S/C18H22FN5O2S/c19-14-1-3-16(4-2-14)23-8-10-24(11-9-23)18-20-7-5-17(22-18)21-15-6-12-27(25,26)13-15/h1-5,7,15H,6,8-13H2,(H,20,21,22). The minimum atomic E-state index is -2.93. The Morgan fingerprint density at radius 1 is 1.04 bits per heavy atom. The highest BCUT2D eigenvalue weighted by Gasteiger charge is 2.28. The number of benzene rings is 1. The van der Waals surface area contributed by atoms with Crippen molar-refractivity contribution >= 4 is 27.3 Å². The Morgan fingerprint density at radius 3 is 2.41 bits per heavy atom. The van der Waals surface area contributed by atoms with Crippen LogP contribution in [0.1, 0.15) is 6.42 Å². The van der Waals surface area contributed by atoms with Gasteiger partial charge in [0, 0.05) is 44.1 Å². The largest absolute Gasteiger partial charge is 0.368 e. The maximum Gasteiger partial charge on any atom is 0.227 e. The molecule has 0 saturated carbocycles. The third kappa shape index (κ3) is 4.29. The number of sulfone groups is 1. The molecule has 1 N–H and O–H groups in total. The maximum absolute atomic E-state index is 13.1. The summed E-state index contributed by atoms with van der Waals surface area (Å²) < 4.78 is 36.3. The first-order chi connectivity index (χ1) is 13.0. The molecule has 1 aromatic carbocycles. The highest BCUT2D eigenvalue weighted by atomic mass is 32.2. The van der Waals surface area contributed by atoms with Gasteiger partial charge in [-0.1, -0.05) is 0 Å². The predicted octanol–water partition coefficient (Wildman–Crippen LogP) is 1.54. The van der Waals surface area contributed by atoms with Gasteiger partial charge in [0.1, 0.15) is 11.6 Å². The quantitative estimate of drug-likeness (QED) is 0.847. The van der Waals surface area contributed by atoms with E-state index < -0.39 is 9.84 Å². The van der Waals surface area contributed by atoms with Gasteiger partial charge in [0.2, 0.25) is 5.95 Å². The Kier molecular flexibility index (Phi) is 4.86. The van der Waals surface area contributed by atoms with E-state index in [-0.39, 0.29) is 23.4 Å². The highest BCUT2D eigenvalue weighted by molar-refractivity contribution is 7.91. The lowest BCUT2D eigenvalue weighted by Gasteiger charge is -2.36. The zero-order valence-corrected chi connectivity index (χ0v) is 15.7. The molecule has 0 radical (unpaired) electrons. The Bertz CT molecular complexity index is 898. The number of hydrogen-bond donors (Lipinski definition) is 1. The van der Waals surface area contributed by atoms with Crippen LogP contribution in [0, 0.1) is 5.82 Å². The molecule has 1 unspecified atom stereocenters. The molecule has 1 aromatic heterocycles. The van der Waals surface area contributed by atoms with Gasteiger partial charge in [0.05, 0.1) is 11.5 Å². The van der Waals surface area contributed by atoms with Gasteiger partial charge in [-0.2, -0.15) is 4.98 Å². The fourth-order valence-corrected chi connectivity index (χ4v) is 5.19. The van der Waals surface area contributed by atoms with Gasteiger partial charge in [-0.15, -0.1) is 0 Å². The number of nitrogens with one attached hydrogen (secondary N) is 1. The Hall–Kier alpha value is -2.42. The van der Waals surface area contributed by atoms with Crippen LogP contribution in [0.25, 0.3) is 0 Å². The first-order valence-electron chi connectivity index (χ1n) is 9.04. The van der Waals surface area contributed by atoms with Crippen molar-refractivity contribution in [2.75, 3.05) is 52.8 Å². The summed E-state index contributed by atoms with van der Waals surface area (Å²) >= 11 is 0. The molecule has 7 nitrogen and oxygen atoms in total. The summed E-state index contributed by atoms with van der Waals surface area (Å²) in [4.78, 5) is 13.2. The van der Waals surface area contributed by atoms with Crippen molar-refractivity contribution in [1.82, 2.24) is 9.97 Å². The maximum atomic E-state index is 13.1. The average Bonchev–Trinajstić information content (AvgIpc) is 3.01. The molecular weight excluding hydrogens is 369 g/mol. The normalized spacial score (nSPS) is 22.0. The van der Waals surface area contributed by atoms with Crippen molar-refractivity contribution in [3.63, 3.8) is 0 Å². The number of aromatic nitrogens is 2. The molecule has 2 fully saturated rings. The van der Waals surface area contributed by atoms with Gasteiger partial charge in [0.15, 0.2) is 9.84 Å². The molecule has 9 heteroatoms. The van der Waals surface area contributed by atoms with E-state index in [0.29, 0.717) is 18.2 Å². The van der Waals surface area contributed by atoms with E-state index in [4.69, 9.17) is 0 Å². The van der Waals surface area contributed by atoms with E-state index in [1.165, 1.54) is 12.1 Å². The number of rotatable bonds is 4. The third-order valence-corrected chi connectivity index (χ3v) is 6.75. The SMILES string of the molecule is O=S1(=O)CCC(Nc2ccnc(N3CCN(c4ccc(F)cc4)CC3)n2)C1. The van der Waals surface area contributed by atoms with Crippen LogP contribution in [-0.2, 0) is 9.84 Å². The molecule has 0 amide bonds. The van der Waals surface area contributed by atoms with E-state index in [1.54, 1.807) is 24.4 Å². The fourth-order valence-electron chi connectivity index (χ4n) is 3.52. The zero-order chi connectivity index (χ0) is 18.9. The van der Waals surface area contributed by atoms with E-state index in [1.807, 2.05) is 0 Å². The van der Waals surface area contributed by atoms with Crippen LogP contribution < -0.4 is 15.1 Å². The van der Waals surface area contributed by atoms with E-state index in [0.717, 1.165) is 31.9 Å². The van der Waals surface area contributed by atoms with Crippen molar-refractivity contribution in [2.45, 2.75) is 12.5 Å². The highest BCUT2D eigenvalue weighted by Crippen LogP contribution is 2.21. The summed E-state index contributed by atoms with van der Waals surface area (Å²) in [5, 5.41) is 3.21.